The number of benzene rings is 1. The van der Waals surface area contributed by atoms with Crippen LogP contribution in [-0.4, -0.2) is 27.7 Å². The van der Waals surface area contributed by atoms with E-state index in [-0.39, 0.29) is 12.5 Å². The molecule has 0 unspecified atom stereocenters. The molecule has 2 aromatic rings. The molecular formula is C15H18N2O2. The Morgan fingerprint density at radius 2 is 1.95 bits per heavy atom. The molecule has 0 aliphatic rings. The van der Waals surface area contributed by atoms with Crippen LogP contribution in [0.5, 0.6) is 0 Å². The number of aliphatic hydroxyl groups is 1. The van der Waals surface area contributed by atoms with E-state index in [4.69, 9.17) is 0 Å². The molecule has 0 spiro atoms. The molecule has 0 aliphatic heterocycles. The fourth-order valence-electron chi connectivity index (χ4n) is 1.71. The maximum absolute atomic E-state index is 12.0. The van der Waals surface area contributed by atoms with E-state index in [2.05, 4.69) is 5.32 Å². The second-order valence-electron chi connectivity index (χ2n) is 5.14. The zero-order valence-corrected chi connectivity index (χ0v) is 11.1. The third kappa shape index (κ3) is 3.69. The zero-order chi connectivity index (χ0) is 13.9. The highest BCUT2D eigenvalue weighted by molar-refractivity contribution is 5.94. The van der Waals surface area contributed by atoms with Crippen molar-refractivity contribution in [3.63, 3.8) is 0 Å². The third-order valence-corrected chi connectivity index (χ3v) is 2.69. The van der Waals surface area contributed by atoms with E-state index >= 15 is 0 Å². The standard InChI is InChI=1S/C15H18N2O2/c1-15(2,19)11-16-14(18)12-6-5-7-13(10-12)17-8-3-4-9-17/h3-10,19H,11H2,1-2H3,(H,16,18). The molecule has 1 aromatic heterocycles. The number of nitrogens with one attached hydrogen (secondary N) is 1. The van der Waals surface area contributed by atoms with Crippen LogP contribution in [0.3, 0.4) is 0 Å². The molecule has 0 saturated heterocycles. The number of carbonyl (C=O) groups is 1. The van der Waals surface area contributed by atoms with Gasteiger partial charge in [-0.05, 0) is 44.2 Å². The van der Waals surface area contributed by atoms with Crippen molar-refractivity contribution >= 4 is 5.91 Å². The van der Waals surface area contributed by atoms with Crippen molar-refractivity contribution < 1.29 is 9.90 Å². The lowest BCUT2D eigenvalue weighted by atomic mass is 10.1. The number of nitrogens with zero attached hydrogens (tertiary/aromatic N) is 1. The smallest absolute Gasteiger partial charge is 0.251 e. The molecule has 1 heterocycles. The number of hydrogen-bond acceptors (Lipinski definition) is 2. The molecule has 100 valence electrons. The van der Waals surface area contributed by atoms with Gasteiger partial charge in [0.05, 0.1) is 5.60 Å². The van der Waals surface area contributed by atoms with E-state index in [1.54, 1.807) is 19.9 Å². The molecule has 19 heavy (non-hydrogen) atoms. The molecule has 0 fully saturated rings. The summed E-state index contributed by atoms with van der Waals surface area (Å²) in [6, 6.07) is 11.2. The monoisotopic (exact) mass is 258 g/mol. The molecule has 1 amide bonds. The van der Waals surface area contributed by atoms with Gasteiger partial charge in [0, 0.05) is 30.2 Å². The van der Waals surface area contributed by atoms with Crippen LogP contribution in [0.25, 0.3) is 5.69 Å². The Morgan fingerprint density at radius 3 is 2.58 bits per heavy atom. The topological polar surface area (TPSA) is 54.3 Å². The van der Waals surface area contributed by atoms with Crippen LogP contribution in [0, 0.1) is 0 Å². The number of carbonyl (C=O) groups excluding carboxylic acids is 1. The lowest BCUT2D eigenvalue weighted by Crippen LogP contribution is -2.38. The van der Waals surface area contributed by atoms with E-state index in [0.717, 1.165) is 5.69 Å². The summed E-state index contributed by atoms with van der Waals surface area (Å²) in [5, 5.41) is 12.3. The highest BCUT2D eigenvalue weighted by atomic mass is 16.3. The minimum atomic E-state index is -0.909. The SMILES string of the molecule is CC(C)(O)CNC(=O)c1cccc(-n2cccc2)c1. The predicted molar refractivity (Wildman–Crippen MR) is 74.4 cm³/mol. The molecule has 4 nitrogen and oxygen atoms in total. The Hall–Kier alpha value is -2.07. The average molecular weight is 258 g/mol. The van der Waals surface area contributed by atoms with Gasteiger partial charge in [0.15, 0.2) is 0 Å². The Labute approximate surface area is 112 Å². The lowest BCUT2D eigenvalue weighted by Gasteiger charge is -2.17. The molecule has 0 radical (unpaired) electrons. The summed E-state index contributed by atoms with van der Waals surface area (Å²) < 4.78 is 1.94. The summed E-state index contributed by atoms with van der Waals surface area (Å²) in [5.74, 6) is -0.184. The summed E-state index contributed by atoms with van der Waals surface area (Å²) in [5.41, 5.74) is 0.601. The lowest BCUT2D eigenvalue weighted by molar-refractivity contribution is 0.0694. The number of amides is 1. The fourth-order valence-corrected chi connectivity index (χ4v) is 1.71. The van der Waals surface area contributed by atoms with Crippen molar-refractivity contribution in [2.45, 2.75) is 19.4 Å². The quantitative estimate of drug-likeness (QED) is 0.881. The molecule has 2 rings (SSSR count). The average Bonchev–Trinajstić information content (AvgIpc) is 2.89. The van der Waals surface area contributed by atoms with Crippen LogP contribution >= 0.6 is 0 Å². The summed E-state index contributed by atoms with van der Waals surface area (Å²) in [6.45, 7) is 3.53. The number of aromatic nitrogens is 1. The minimum absolute atomic E-state index is 0.184. The molecule has 1 aromatic carbocycles. The van der Waals surface area contributed by atoms with Crippen molar-refractivity contribution in [1.82, 2.24) is 9.88 Å². The third-order valence-electron chi connectivity index (χ3n) is 2.69. The van der Waals surface area contributed by atoms with Crippen molar-refractivity contribution in [3.05, 3.63) is 54.4 Å². The van der Waals surface area contributed by atoms with Gasteiger partial charge in [-0.2, -0.15) is 0 Å². The highest BCUT2D eigenvalue weighted by Crippen LogP contribution is 2.11. The Balaban J connectivity index is 2.13. The zero-order valence-electron chi connectivity index (χ0n) is 11.1. The van der Waals surface area contributed by atoms with Gasteiger partial charge in [-0.3, -0.25) is 4.79 Å². The Morgan fingerprint density at radius 1 is 1.26 bits per heavy atom. The molecular weight excluding hydrogens is 240 g/mol. The van der Waals surface area contributed by atoms with E-state index < -0.39 is 5.60 Å². The number of rotatable bonds is 4. The van der Waals surface area contributed by atoms with Crippen molar-refractivity contribution in [2.75, 3.05) is 6.54 Å². The van der Waals surface area contributed by atoms with E-state index in [9.17, 15) is 9.90 Å². The fraction of sp³-hybridized carbons (Fsp3) is 0.267. The minimum Gasteiger partial charge on any atom is -0.389 e. The summed E-state index contributed by atoms with van der Waals surface area (Å²) >= 11 is 0. The van der Waals surface area contributed by atoms with Gasteiger partial charge >= 0.3 is 0 Å². The van der Waals surface area contributed by atoms with E-state index in [1.807, 2.05) is 47.3 Å². The molecule has 2 N–H and O–H groups in total. The highest BCUT2D eigenvalue weighted by Gasteiger charge is 2.14. The van der Waals surface area contributed by atoms with Crippen LogP contribution in [0.4, 0.5) is 0 Å². The van der Waals surface area contributed by atoms with Gasteiger partial charge < -0.3 is 15.0 Å². The van der Waals surface area contributed by atoms with Crippen LogP contribution in [0.15, 0.2) is 48.8 Å². The van der Waals surface area contributed by atoms with Crippen LogP contribution in [0.2, 0.25) is 0 Å². The van der Waals surface area contributed by atoms with E-state index in [1.165, 1.54) is 0 Å². The van der Waals surface area contributed by atoms with Gasteiger partial charge in [0.2, 0.25) is 0 Å². The Bertz CT molecular complexity index is 554. The Kier molecular flexibility index (Phi) is 3.71. The van der Waals surface area contributed by atoms with Gasteiger partial charge in [0.1, 0.15) is 0 Å². The van der Waals surface area contributed by atoms with Crippen molar-refractivity contribution in [3.8, 4) is 5.69 Å². The second kappa shape index (κ2) is 5.28. The van der Waals surface area contributed by atoms with Gasteiger partial charge in [-0.1, -0.05) is 6.07 Å². The number of hydrogen-bond donors (Lipinski definition) is 2. The summed E-state index contributed by atoms with van der Waals surface area (Å²) in [6.07, 6.45) is 3.85. The molecule has 0 bridgehead atoms. The summed E-state index contributed by atoms with van der Waals surface area (Å²) in [7, 11) is 0. The van der Waals surface area contributed by atoms with Crippen LogP contribution < -0.4 is 5.32 Å². The van der Waals surface area contributed by atoms with Crippen LogP contribution in [-0.2, 0) is 0 Å². The molecule has 0 saturated carbocycles. The van der Waals surface area contributed by atoms with E-state index in [0.29, 0.717) is 5.56 Å². The van der Waals surface area contributed by atoms with Crippen LogP contribution in [0.1, 0.15) is 24.2 Å². The first kappa shape index (κ1) is 13.4. The normalized spacial score (nSPS) is 11.3. The molecule has 0 atom stereocenters. The van der Waals surface area contributed by atoms with Crippen molar-refractivity contribution in [1.29, 1.82) is 0 Å². The van der Waals surface area contributed by atoms with Crippen molar-refractivity contribution in [2.24, 2.45) is 0 Å². The first-order chi connectivity index (χ1) is 8.96. The van der Waals surface area contributed by atoms with Gasteiger partial charge in [0.25, 0.3) is 5.91 Å². The predicted octanol–water partition coefficient (Wildman–Crippen LogP) is 1.98. The first-order valence-corrected chi connectivity index (χ1v) is 6.20. The first-order valence-electron chi connectivity index (χ1n) is 6.20. The maximum Gasteiger partial charge on any atom is 0.251 e. The molecule has 4 heteroatoms. The largest absolute Gasteiger partial charge is 0.389 e. The maximum atomic E-state index is 12.0. The second-order valence-corrected chi connectivity index (χ2v) is 5.14. The summed E-state index contributed by atoms with van der Waals surface area (Å²) in [4.78, 5) is 12.0. The van der Waals surface area contributed by atoms with Gasteiger partial charge in [-0.15, -0.1) is 0 Å². The van der Waals surface area contributed by atoms with Gasteiger partial charge in [-0.25, -0.2) is 0 Å². The molecule has 0 aliphatic carbocycles.